The molecule has 2 N–H and O–H groups in total. The van der Waals surface area contributed by atoms with E-state index in [1.807, 2.05) is 6.92 Å². The summed E-state index contributed by atoms with van der Waals surface area (Å²) in [4.78, 5) is 15.2. The van der Waals surface area contributed by atoms with Gasteiger partial charge in [0.25, 0.3) is 0 Å². The Morgan fingerprint density at radius 3 is 3.09 bits per heavy atom. The molecule has 0 unspecified atom stereocenters. The van der Waals surface area contributed by atoms with E-state index in [0.717, 1.165) is 0 Å². The lowest BCUT2D eigenvalue weighted by atomic mass is 10.2. The summed E-state index contributed by atoms with van der Waals surface area (Å²) < 4.78 is 5.04. The number of rotatable bonds is 3. The number of carbonyl (C=O) groups is 1. The summed E-state index contributed by atoms with van der Waals surface area (Å²) in [5.74, 6) is -0.910. The topological polar surface area (TPSA) is 67.8 Å². The predicted octanol–water partition coefficient (Wildman–Crippen LogP) is -0.273. The van der Waals surface area contributed by atoms with Crippen LogP contribution >= 0.6 is 0 Å². The van der Waals surface area contributed by atoms with Gasteiger partial charge >= 0.3 is 5.97 Å². The Kier molecular flexibility index (Phi) is 2.81. The zero-order chi connectivity index (χ0) is 8.27. The molecule has 0 saturated carbocycles. The lowest BCUT2D eigenvalue weighted by Crippen LogP contribution is -2.29. The van der Waals surface area contributed by atoms with Crippen LogP contribution in [0, 0.1) is 0 Å². The Hall–Kier alpha value is -0.650. The van der Waals surface area contributed by atoms with Crippen molar-refractivity contribution in [3.8, 4) is 0 Å². The second kappa shape index (κ2) is 3.66. The fourth-order valence-electron chi connectivity index (χ4n) is 0.886. The van der Waals surface area contributed by atoms with Crippen molar-refractivity contribution < 1.29 is 19.5 Å². The largest absolute Gasteiger partial charge is 0.480 e. The van der Waals surface area contributed by atoms with Gasteiger partial charge in [0.1, 0.15) is 6.04 Å². The van der Waals surface area contributed by atoms with E-state index in [-0.39, 0.29) is 0 Å². The number of hydroxylamine groups is 1. The molecule has 0 amide bonds. The van der Waals surface area contributed by atoms with E-state index >= 15 is 0 Å². The number of hydrogen-bond acceptors (Lipinski definition) is 4. The fraction of sp³-hybridized carbons (Fsp3) is 0.833. The van der Waals surface area contributed by atoms with Crippen LogP contribution in [-0.2, 0) is 14.4 Å². The Labute approximate surface area is 64.2 Å². The van der Waals surface area contributed by atoms with Crippen molar-refractivity contribution in [2.45, 2.75) is 25.7 Å². The Morgan fingerprint density at radius 1 is 1.91 bits per heavy atom. The quantitative estimate of drug-likeness (QED) is 0.596. The summed E-state index contributed by atoms with van der Waals surface area (Å²) in [7, 11) is 0. The molecular weight excluding hydrogens is 150 g/mol. The van der Waals surface area contributed by atoms with E-state index in [1.54, 1.807) is 0 Å². The molecule has 1 rings (SSSR count). The number of carboxylic acid groups (broad SMARTS) is 1. The van der Waals surface area contributed by atoms with Gasteiger partial charge in [-0.05, 0) is 6.92 Å². The Morgan fingerprint density at radius 2 is 2.64 bits per heavy atom. The molecule has 11 heavy (non-hydrogen) atoms. The van der Waals surface area contributed by atoms with Crippen LogP contribution in [-0.4, -0.2) is 30.0 Å². The highest BCUT2D eigenvalue weighted by molar-refractivity contribution is 5.73. The van der Waals surface area contributed by atoms with Crippen molar-refractivity contribution in [3.05, 3.63) is 0 Å². The molecule has 1 heterocycles. The van der Waals surface area contributed by atoms with Crippen molar-refractivity contribution in [2.75, 3.05) is 6.61 Å². The van der Waals surface area contributed by atoms with Crippen LogP contribution in [0.4, 0.5) is 0 Å². The number of carboxylic acids is 1. The number of hydrogen-bond donors (Lipinski definition) is 2. The van der Waals surface area contributed by atoms with Crippen LogP contribution in [0.2, 0.25) is 0 Å². The van der Waals surface area contributed by atoms with Gasteiger partial charge in [0.2, 0.25) is 0 Å². The Bertz CT molecular complexity index is 150. The summed E-state index contributed by atoms with van der Waals surface area (Å²) in [6.45, 7) is 2.36. The van der Waals surface area contributed by atoms with Gasteiger partial charge in [0, 0.05) is 13.0 Å². The van der Waals surface area contributed by atoms with Crippen LogP contribution in [0.15, 0.2) is 0 Å². The monoisotopic (exact) mass is 161 g/mol. The first-order valence-corrected chi connectivity index (χ1v) is 3.49. The van der Waals surface area contributed by atoms with Gasteiger partial charge in [0.05, 0.1) is 0 Å². The number of ether oxygens (including phenoxy) is 1. The maximum Gasteiger partial charge on any atom is 0.323 e. The van der Waals surface area contributed by atoms with Crippen molar-refractivity contribution in [2.24, 2.45) is 0 Å². The van der Waals surface area contributed by atoms with Crippen molar-refractivity contribution in [1.29, 1.82) is 0 Å². The van der Waals surface area contributed by atoms with Gasteiger partial charge in [-0.25, -0.2) is 0 Å². The summed E-state index contributed by atoms with van der Waals surface area (Å²) >= 11 is 0. The molecule has 1 saturated heterocycles. The normalized spacial score (nSPS) is 30.6. The van der Waals surface area contributed by atoms with Crippen molar-refractivity contribution in [1.82, 2.24) is 5.48 Å². The number of aliphatic carboxylic acids is 1. The summed E-state index contributed by atoms with van der Waals surface area (Å²) in [6.07, 6.45) is -0.0514. The summed E-state index contributed by atoms with van der Waals surface area (Å²) in [5, 5.41) is 8.50. The standard InChI is InChI=1S/C6H11NO4/c1-2-10-5-3-4(6(8)9)7-11-5/h4-5,7H,2-3H2,1H3,(H,8,9)/t4-,5+/m0/s1. The smallest absolute Gasteiger partial charge is 0.323 e. The summed E-state index contributed by atoms with van der Waals surface area (Å²) in [5.41, 5.74) is 2.37. The van der Waals surface area contributed by atoms with E-state index in [1.165, 1.54) is 0 Å². The van der Waals surface area contributed by atoms with E-state index in [2.05, 4.69) is 5.48 Å². The van der Waals surface area contributed by atoms with Gasteiger partial charge in [-0.1, -0.05) is 0 Å². The van der Waals surface area contributed by atoms with Gasteiger partial charge < -0.3 is 9.84 Å². The molecule has 0 aromatic carbocycles. The average Bonchev–Trinajstić information content (AvgIpc) is 2.37. The average molecular weight is 161 g/mol. The molecule has 0 aromatic rings. The van der Waals surface area contributed by atoms with Gasteiger partial charge in [-0.2, -0.15) is 5.48 Å². The van der Waals surface area contributed by atoms with Gasteiger partial charge in [-0.3, -0.25) is 9.63 Å². The molecule has 2 atom stereocenters. The minimum atomic E-state index is -0.910. The first kappa shape index (κ1) is 8.45. The van der Waals surface area contributed by atoms with Gasteiger partial charge in [-0.15, -0.1) is 0 Å². The molecule has 0 bridgehead atoms. The maximum absolute atomic E-state index is 10.4. The molecule has 0 aliphatic carbocycles. The SMILES string of the molecule is CCO[C@H]1C[C@@H](C(=O)O)NO1. The summed E-state index contributed by atoms with van der Waals surface area (Å²) in [6, 6.07) is -0.633. The van der Waals surface area contributed by atoms with Crippen LogP contribution < -0.4 is 5.48 Å². The lowest BCUT2D eigenvalue weighted by Gasteiger charge is -2.05. The predicted molar refractivity (Wildman–Crippen MR) is 35.7 cm³/mol. The van der Waals surface area contributed by atoms with Crippen LogP contribution in [0.3, 0.4) is 0 Å². The highest BCUT2D eigenvalue weighted by atomic mass is 16.8. The van der Waals surface area contributed by atoms with E-state index in [4.69, 9.17) is 14.7 Å². The second-order valence-electron chi connectivity index (χ2n) is 2.25. The first-order valence-electron chi connectivity index (χ1n) is 3.49. The first-order chi connectivity index (χ1) is 5.24. The van der Waals surface area contributed by atoms with Crippen molar-refractivity contribution in [3.63, 3.8) is 0 Å². The van der Waals surface area contributed by atoms with Crippen LogP contribution in [0.25, 0.3) is 0 Å². The molecule has 0 radical (unpaired) electrons. The fourth-order valence-corrected chi connectivity index (χ4v) is 0.886. The van der Waals surface area contributed by atoms with E-state index in [9.17, 15) is 4.79 Å². The minimum Gasteiger partial charge on any atom is -0.480 e. The highest BCUT2D eigenvalue weighted by Gasteiger charge is 2.30. The maximum atomic E-state index is 10.4. The molecule has 64 valence electrons. The Balaban J connectivity index is 2.29. The second-order valence-corrected chi connectivity index (χ2v) is 2.25. The van der Waals surface area contributed by atoms with Crippen LogP contribution in [0.5, 0.6) is 0 Å². The molecule has 0 spiro atoms. The number of nitrogens with one attached hydrogen (secondary N) is 1. The molecular formula is C6H11NO4. The zero-order valence-electron chi connectivity index (χ0n) is 6.24. The molecule has 5 nitrogen and oxygen atoms in total. The third-order valence-electron chi connectivity index (χ3n) is 1.42. The minimum absolute atomic E-state index is 0.364. The molecule has 1 aliphatic rings. The third kappa shape index (κ3) is 2.14. The van der Waals surface area contributed by atoms with E-state index < -0.39 is 18.3 Å². The molecule has 1 aliphatic heterocycles. The van der Waals surface area contributed by atoms with E-state index in [0.29, 0.717) is 13.0 Å². The zero-order valence-corrected chi connectivity index (χ0v) is 6.24. The lowest BCUT2D eigenvalue weighted by molar-refractivity contribution is -0.146. The molecule has 1 fully saturated rings. The van der Waals surface area contributed by atoms with Crippen molar-refractivity contribution >= 4 is 5.97 Å². The molecule has 0 aromatic heterocycles. The highest BCUT2D eigenvalue weighted by Crippen LogP contribution is 2.11. The molecule has 5 heteroatoms. The van der Waals surface area contributed by atoms with Crippen LogP contribution in [0.1, 0.15) is 13.3 Å². The third-order valence-corrected chi connectivity index (χ3v) is 1.42. The van der Waals surface area contributed by atoms with Gasteiger partial charge in [0.15, 0.2) is 6.29 Å².